The number of aryl methyl sites for hydroxylation is 2. The van der Waals surface area contributed by atoms with Crippen molar-refractivity contribution in [3.05, 3.63) is 69.2 Å². The minimum absolute atomic E-state index is 0.0393. The van der Waals surface area contributed by atoms with E-state index >= 15 is 0 Å². The number of nitrogens with one attached hydrogen (secondary N) is 1. The van der Waals surface area contributed by atoms with Crippen LogP contribution in [0.3, 0.4) is 0 Å². The zero-order valence-electron chi connectivity index (χ0n) is 11.0. The lowest BCUT2D eigenvalue weighted by atomic mass is 10.1. The van der Waals surface area contributed by atoms with Gasteiger partial charge in [-0.05, 0) is 37.6 Å². The van der Waals surface area contributed by atoms with Gasteiger partial charge in [0.2, 0.25) is 0 Å². The molecule has 3 heteroatoms. The summed E-state index contributed by atoms with van der Waals surface area (Å²) < 4.78 is 1.01. The molecule has 0 atom stereocenters. The predicted molar refractivity (Wildman–Crippen MR) is 81.2 cm³/mol. The molecule has 0 aliphatic carbocycles. The molecule has 0 aromatic heterocycles. The fourth-order valence-electron chi connectivity index (χ4n) is 2.03. The van der Waals surface area contributed by atoms with Crippen molar-refractivity contribution in [3.63, 3.8) is 0 Å². The molecule has 0 spiro atoms. The van der Waals surface area contributed by atoms with Crippen LogP contribution in [-0.2, 0) is 6.54 Å². The fraction of sp³-hybridized carbons (Fsp3) is 0.188. The standard InChI is InChI=1S/C16H16BrNO/c1-11-7-12(2)9-14(8-11)16(19)18-10-13-5-3-4-6-15(13)17/h3-9H,10H2,1-2H3,(H,18,19). The molecule has 0 fully saturated rings. The van der Waals surface area contributed by atoms with Gasteiger partial charge >= 0.3 is 0 Å². The summed E-state index contributed by atoms with van der Waals surface area (Å²) in [6.45, 7) is 4.52. The van der Waals surface area contributed by atoms with Crippen molar-refractivity contribution in [1.29, 1.82) is 0 Å². The van der Waals surface area contributed by atoms with Crippen molar-refractivity contribution in [1.82, 2.24) is 5.32 Å². The molecule has 98 valence electrons. The number of benzene rings is 2. The smallest absolute Gasteiger partial charge is 0.251 e. The maximum absolute atomic E-state index is 12.1. The molecular formula is C16H16BrNO. The third-order valence-corrected chi connectivity index (χ3v) is 3.65. The van der Waals surface area contributed by atoms with Crippen LogP contribution >= 0.6 is 15.9 Å². The van der Waals surface area contributed by atoms with Crippen molar-refractivity contribution in [2.24, 2.45) is 0 Å². The molecule has 0 aliphatic rings. The summed E-state index contributed by atoms with van der Waals surface area (Å²) in [5, 5.41) is 2.94. The lowest BCUT2D eigenvalue weighted by Gasteiger charge is -2.08. The van der Waals surface area contributed by atoms with Gasteiger partial charge in [-0.2, -0.15) is 0 Å². The summed E-state index contributed by atoms with van der Waals surface area (Å²) in [5.74, 6) is -0.0393. The van der Waals surface area contributed by atoms with Gasteiger partial charge in [0.15, 0.2) is 0 Å². The lowest BCUT2D eigenvalue weighted by molar-refractivity contribution is 0.0950. The predicted octanol–water partition coefficient (Wildman–Crippen LogP) is 4.00. The quantitative estimate of drug-likeness (QED) is 0.911. The Kier molecular flexibility index (Phi) is 4.38. The van der Waals surface area contributed by atoms with E-state index in [2.05, 4.69) is 27.3 Å². The molecule has 2 nitrogen and oxygen atoms in total. The van der Waals surface area contributed by atoms with Crippen molar-refractivity contribution in [2.45, 2.75) is 20.4 Å². The van der Waals surface area contributed by atoms with E-state index in [0.717, 1.165) is 21.2 Å². The van der Waals surface area contributed by atoms with Crippen LogP contribution in [-0.4, -0.2) is 5.91 Å². The molecule has 2 aromatic carbocycles. The molecule has 0 unspecified atom stereocenters. The van der Waals surface area contributed by atoms with Crippen molar-refractivity contribution in [2.75, 3.05) is 0 Å². The van der Waals surface area contributed by atoms with E-state index in [1.807, 2.05) is 50.2 Å². The Hall–Kier alpha value is -1.61. The largest absolute Gasteiger partial charge is 0.348 e. The molecular weight excluding hydrogens is 302 g/mol. The van der Waals surface area contributed by atoms with Crippen LogP contribution < -0.4 is 5.32 Å². The van der Waals surface area contributed by atoms with Crippen molar-refractivity contribution in [3.8, 4) is 0 Å². The fourth-order valence-corrected chi connectivity index (χ4v) is 2.45. The number of carbonyl (C=O) groups excluding carboxylic acids is 1. The summed E-state index contributed by atoms with van der Waals surface area (Å²) in [5.41, 5.74) is 3.99. The number of amides is 1. The maximum Gasteiger partial charge on any atom is 0.251 e. The minimum Gasteiger partial charge on any atom is -0.348 e. The second-order valence-electron chi connectivity index (χ2n) is 4.65. The second-order valence-corrected chi connectivity index (χ2v) is 5.50. The molecule has 0 bridgehead atoms. The van der Waals surface area contributed by atoms with Crippen molar-refractivity contribution < 1.29 is 4.79 Å². The first-order valence-electron chi connectivity index (χ1n) is 6.16. The second kappa shape index (κ2) is 6.02. The van der Waals surface area contributed by atoms with Gasteiger partial charge in [-0.3, -0.25) is 4.79 Å². The number of hydrogen-bond acceptors (Lipinski definition) is 1. The summed E-state index contributed by atoms with van der Waals surface area (Å²) in [4.78, 5) is 12.1. The highest BCUT2D eigenvalue weighted by Crippen LogP contribution is 2.15. The monoisotopic (exact) mass is 317 g/mol. The molecule has 1 amide bonds. The average molecular weight is 318 g/mol. The molecule has 0 saturated heterocycles. The summed E-state index contributed by atoms with van der Waals surface area (Å²) in [6, 6.07) is 13.8. The van der Waals surface area contributed by atoms with Gasteiger partial charge in [-0.1, -0.05) is 51.3 Å². The summed E-state index contributed by atoms with van der Waals surface area (Å²) in [6.07, 6.45) is 0. The van der Waals surface area contributed by atoms with E-state index in [1.165, 1.54) is 0 Å². The highest BCUT2D eigenvalue weighted by Gasteiger charge is 2.07. The van der Waals surface area contributed by atoms with Crippen LogP contribution in [0, 0.1) is 13.8 Å². The van der Waals surface area contributed by atoms with Gasteiger partial charge in [-0.15, -0.1) is 0 Å². The Morgan fingerprint density at radius 2 is 1.74 bits per heavy atom. The Labute approximate surface area is 122 Å². The molecule has 0 radical (unpaired) electrons. The number of carbonyl (C=O) groups is 1. The number of halogens is 1. The van der Waals surface area contributed by atoms with E-state index < -0.39 is 0 Å². The van der Waals surface area contributed by atoms with Crippen LogP contribution in [0.1, 0.15) is 27.0 Å². The van der Waals surface area contributed by atoms with Crippen molar-refractivity contribution >= 4 is 21.8 Å². The molecule has 19 heavy (non-hydrogen) atoms. The normalized spacial score (nSPS) is 10.3. The van der Waals surface area contributed by atoms with Crippen LogP contribution in [0.4, 0.5) is 0 Å². The SMILES string of the molecule is Cc1cc(C)cc(C(=O)NCc2ccccc2Br)c1. The maximum atomic E-state index is 12.1. The Balaban J connectivity index is 2.08. The van der Waals surface area contributed by atoms with Gasteiger partial charge in [0.1, 0.15) is 0 Å². The molecule has 2 rings (SSSR count). The number of rotatable bonds is 3. The van der Waals surface area contributed by atoms with Crippen LogP contribution in [0.15, 0.2) is 46.9 Å². The molecule has 1 N–H and O–H groups in total. The Morgan fingerprint density at radius 3 is 2.37 bits per heavy atom. The highest BCUT2D eigenvalue weighted by atomic mass is 79.9. The molecule has 0 saturated carbocycles. The highest BCUT2D eigenvalue weighted by molar-refractivity contribution is 9.10. The lowest BCUT2D eigenvalue weighted by Crippen LogP contribution is -2.23. The van der Waals surface area contributed by atoms with E-state index in [0.29, 0.717) is 12.1 Å². The van der Waals surface area contributed by atoms with E-state index in [9.17, 15) is 4.79 Å². The van der Waals surface area contributed by atoms with Gasteiger partial charge < -0.3 is 5.32 Å². The van der Waals surface area contributed by atoms with Gasteiger partial charge in [0, 0.05) is 16.6 Å². The summed E-state index contributed by atoms with van der Waals surface area (Å²) >= 11 is 3.47. The number of hydrogen-bond donors (Lipinski definition) is 1. The first-order valence-corrected chi connectivity index (χ1v) is 6.95. The first-order chi connectivity index (χ1) is 9.06. The first kappa shape index (κ1) is 13.8. The van der Waals surface area contributed by atoms with E-state index in [1.54, 1.807) is 0 Å². The molecule has 0 heterocycles. The molecule has 0 aliphatic heterocycles. The zero-order chi connectivity index (χ0) is 13.8. The van der Waals surface area contributed by atoms with Gasteiger partial charge in [-0.25, -0.2) is 0 Å². The third-order valence-electron chi connectivity index (χ3n) is 2.88. The zero-order valence-corrected chi connectivity index (χ0v) is 12.6. The topological polar surface area (TPSA) is 29.1 Å². The Bertz CT molecular complexity index is 587. The van der Waals surface area contributed by atoms with Crippen LogP contribution in [0.2, 0.25) is 0 Å². The third kappa shape index (κ3) is 3.67. The van der Waals surface area contributed by atoms with Crippen LogP contribution in [0.25, 0.3) is 0 Å². The summed E-state index contributed by atoms with van der Waals surface area (Å²) in [7, 11) is 0. The van der Waals surface area contributed by atoms with Crippen LogP contribution in [0.5, 0.6) is 0 Å². The average Bonchev–Trinajstić information content (AvgIpc) is 2.36. The van der Waals surface area contributed by atoms with Gasteiger partial charge in [0.25, 0.3) is 5.91 Å². The van der Waals surface area contributed by atoms with E-state index in [4.69, 9.17) is 0 Å². The Morgan fingerprint density at radius 1 is 1.11 bits per heavy atom. The minimum atomic E-state index is -0.0393. The van der Waals surface area contributed by atoms with E-state index in [-0.39, 0.29) is 5.91 Å². The molecule has 2 aromatic rings. The van der Waals surface area contributed by atoms with Gasteiger partial charge in [0.05, 0.1) is 0 Å².